The van der Waals surface area contributed by atoms with Crippen molar-refractivity contribution in [3.05, 3.63) is 35.9 Å². The van der Waals surface area contributed by atoms with Crippen LogP contribution in [0.4, 0.5) is 14.9 Å². The van der Waals surface area contributed by atoms with E-state index in [4.69, 9.17) is 19.3 Å². The van der Waals surface area contributed by atoms with Crippen molar-refractivity contribution in [2.75, 3.05) is 31.6 Å². The average molecular weight is 448 g/mol. The Morgan fingerprint density at radius 2 is 2.00 bits per heavy atom. The van der Waals surface area contributed by atoms with Crippen molar-refractivity contribution in [1.29, 1.82) is 0 Å². The molecule has 1 fully saturated rings. The molecule has 10 heteroatoms. The third kappa shape index (κ3) is 6.43. The number of rotatable bonds is 9. The van der Waals surface area contributed by atoms with Crippen LogP contribution in [0.15, 0.2) is 24.5 Å². The van der Waals surface area contributed by atoms with Gasteiger partial charge in [0.05, 0.1) is 18.3 Å². The lowest BCUT2D eigenvalue weighted by Crippen LogP contribution is -2.41. The van der Waals surface area contributed by atoms with E-state index < -0.39 is 11.9 Å². The van der Waals surface area contributed by atoms with E-state index >= 15 is 0 Å². The van der Waals surface area contributed by atoms with Crippen molar-refractivity contribution >= 4 is 11.8 Å². The third-order valence-electron chi connectivity index (χ3n) is 5.00. The molecule has 0 bridgehead atoms. The predicted molar refractivity (Wildman–Crippen MR) is 116 cm³/mol. The maximum atomic E-state index is 14.6. The zero-order valence-electron chi connectivity index (χ0n) is 18.5. The van der Waals surface area contributed by atoms with Gasteiger partial charge in [0.2, 0.25) is 11.8 Å². The second-order valence-corrected chi connectivity index (χ2v) is 7.79. The molecule has 1 saturated heterocycles. The molecular weight excluding hydrogens is 419 g/mol. The normalized spacial score (nSPS) is 14.5. The number of likely N-dealkylation sites (tertiary alicyclic amines) is 1. The average Bonchev–Trinajstić information content (AvgIpc) is 2.76. The molecule has 174 valence electrons. The van der Waals surface area contributed by atoms with Gasteiger partial charge in [0.15, 0.2) is 11.6 Å². The summed E-state index contributed by atoms with van der Waals surface area (Å²) in [5.74, 6) is 0.0494. The van der Waals surface area contributed by atoms with Gasteiger partial charge in [-0.1, -0.05) is 0 Å². The number of benzene rings is 1. The molecule has 32 heavy (non-hydrogen) atoms. The summed E-state index contributed by atoms with van der Waals surface area (Å²) in [7, 11) is 0. The number of halogens is 1. The number of nitrogens with zero attached hydrogens (tertiary/aromatic N) is 3. The fourth-order valence-electron chi connectivity index (χ4n) is 3.25. The highest BCUT2D eigenvalue weighted by molar-refractivity contribution is 5.65. The summed E-state index contributed by atoms with van der Waals surface area (Å²) in [6.07, 6.45) is 1.49. The summed E-state index contributed by atoms with van der Waals surface area (Å²) in [5, 5.41) is 12.2. The zero-order chi connectivity index (χ0) is 23.1. The van der Waals surface area contributed by atoms with Gasteiger partial charge >= 0.3 is 6.09 Å². The Morgan fingerprint density at radius 1 is 1.28 bits per heavy atom. The summed E-state index contributed by atoms with van der Waals surface area (Å²) >= 11 is 0. The van der Waals surface area contributed by atoms with Crippen LogP contribution in [0.1, 0.15) is 32.3 Å². The summed E-state index contributed by atoms with van der Waals surface area (Å²) in [6.45, 7) is 7.55. The van der Waals surface area contributed by atoms with Gasteiger partial charge in [0.25, 0.3) is 0 Å². The van der Waals surface area contributed by atoms with Crippen LogP contribution in [0.2, 0.25) is 0 Å². The molecule has 1 aromatic carbocycles. The van der Waals surface area contributed by atoms with Crippen LogP contribution in [-0.2, 0) is 4.74 Å². The molecule has 0 atom stereocenters. The highest BCUT2D eigenvalue weighted by Crippen LogP contribution is 2.31. The standard InChI is InChI=1S/C22H29FN4O5/c1-14(2)30-11-8-24-16-4-5-19(18(23)12-16)32-21-15(3)20(25-13-26-21)31-17-6-9-27(10-7-17)22(28)29/h4-5,12-14,17,24H,6-11H2,1-3H3,(H,28,29). The third-order valence-corrected chi connectivity index (χ3v) is 5.00. The Kier molecular flexibility index (Phi) is 8.04. The molecule has 1 aliphatic heterocycles. The van der Waals surface area contributed by atoms with Crippen molar-refractivity contribution in [2.45, 2.75) is 45.8 Å². The Morgan fingerprint density at radius 3 is 2.66 bits per heavy atom. The quantitative estimate of drug-likeness (QED) is 0.553. The van der Waals surface area contributed by atoms with Crippen LogP contribution in [0.3, 0.4) is 0 Å². The van der Waals surface area contributed by atoms with Crippen LogP contribution >= 0.6 is 0 Å². The van der Waals surface area contributed by atoms with Gasteiger partial charge in [-0.2, -0.15) is 0 Å². The lowest BCUT2D eigenvalue weighted by Gasteiger charge is -2.30. The molecule has 1 aliphatic rings. The number of carboxylic acid groups (broad SMARTS) is 1. The Bertz CT molecular complexity index is 919. The van der Waals surface area contributed by atoms with E-state index in [1.54, 1.807) is 13.0 Å². The molecule has 2 N–H and O–H groups in total. The summed E-state index contributed by atoms with van der Waals surface area (Å²) in [4.78, 5) is 20.7. The Balaban J connectivity index is 1.60. The minimum Gasteiger partial charge on any atom is -0.474 e. The maximum absolute atomic E-state index is 14.6. The van der Waals surface area contributed by atoms with Gasteiger partial charge < -0.3 is 29.5 Å². The van der Waals surface area contributed by atoms with E-state index in [1.165, 1.54) is 23.4 Å². The first-order valence-electron chi connectivity index (χ1n) is 10.6. The van der Waals surface area contributed by atoms with Gasteiger partial charge in [0, 0.05) is 44.2 Å². The number of piperidine rings is 1. The first kappa shape index (κ1) is 23.5. The fourth-order valence-corrected chi connectivity index (χ4v) is 3.25. The minimum atomic E-state index is -0.926. The van der Waals surface area contributed by atoms with Crippen molar-refractivity contribution < 1.29 is 28.5 Å². The molecular formula is C22H29FN4O5. The summed E-state index contributed by atoms with van der Waals surface area (Å²) in [6, 6.07) is 4.61. The van der Waals surface area contributed by atoms with Crippen LogP contribution in [0, 0.1) is 12.7 Å². The van der Waals surface area contributed by atoms with Gasteiger partial charge in [0.1, 0.15) is 12.4 Å². The highest BCUT2D eigenvalue weighted by atomic mass is 19.1. The van der Waals surface area contributed by atoms with Crippen molar-refractivity contribution in [3.63, 3.8) is 0 Å². The SMILES string of the molecule is Cc1c(Oc2ccc(NCCOC(C)C)cc2F)ncnc1OC1CCN(C(=O)O)CC1. The summed E-state index contributed by atoms with van der Waals surface area (Å²) < 4.78 is 31.6. The van der Waals surface area contributed by atoms with E-state index in [9.17, 15) is 9.18 Å². The maximum Gasteiger partial charge on any atom is 0.407 e. The topological polar surface area (TPSA) is 106 Å². The van der Waals surface area contributed by atoms with Crippen molar-refractivity contribution in [3.8, 4) is 17.5 Å². The molecule has 0 radical (unpaired) electrons. The number of amides is 1. The fraction of sp³-hybridized carbons (Fsp3) is 0.500. The Labute approximate surface area is 186 Å². The number of hydrogen-bond acceptors (Lipinski definition) is 7. The molecule has 9 nitrogen and oxygen atoms in total. The van der Waals surface area contributed by atoms with Gasteiger partial charge in [-0.05, 0) is 32.9 Å². The number of carbonyl (C=O) groups is 1. The zero-order valence-corrected chi connectivity index (χ0v) is 18.5. The Hall–Kier alpha value is -3.14. The van der Waals surface area contributed by atoms with E-state index in [2.05, 4.69) is 15.3 Å². The molecule has 1 aromatic heterocycles. The number of ether oxygens (including phenoxy) is 3. The van der Waals surface area contributed by atoms with E-state index in [0.29, 0.717) is 56.2 Å². The lowest BCUT2D eigenvalue weighted by molar-refractivity contribution is 0.0862. The van der Waals surface area contributed by atoms with E-state index in [1.807, 2.05) is 13.8 Å². The number of anilines is 1. The smallest absolute Gasteiger partial charge is 0.407 e. The molecule has 3 rings (SSSR count). The monoisotopic (exact) mass is 448 g/mol. The largest absolute Gasteiger partial charge is 0.474 e. The van der Waals surface area contributed by atoms with E-state index in [-0.39, 0.29) is 23.8 Å². The van der Waals surface area contributed by atoms with Gasteiger partial charge in [-0.25, -0.2) is 19.2 Å². The van der Waals surface area contributed by atoms with Crippen LogP contribution in [-0.4, -0.2) is 64.5 Å². The van der Waals surface area contributed by atoms with Crippen LogP contribution in [0.25, 0.3) is 0 Å². The number of aromatic nitrogens is 2. The molecule has 0 unspecified atom stereocenters. The van der Waals surface area contributed by atoms with Crippen molar-refractivity contribution in [1.82, 2.24) is 14.9 Å². The highest BCUT2D eigenvalue weighted by Gasteiger charge is 2.25. The van der Waals surface area contributed by atoms with Gasteiger partial charge in [-0.15, -0.1) is 0 Å². The first-order chi connectivity index (χ1) is 15.3. The second kappa shape index (κ2) is 10.9. The van der Waals surface area contributed by atoms with Crippen LogP contribution in [0.5, 0.6) is 17.5 Å². The molecule has 0 spiro atoms. The van der Waals surface area contributed by atoms with E-state index in [0.717, 1.165) is 0 Å². The number of nitrogens with one attached hydrogen (secondary N) is 1. The first-order valence-corrected chi connectivity index (χ1v) is 10.6. The van der Waals surface area contributed by atoms with Crippen molar-refractivity contribution in [2.24, 2.45) is 0 Å². The number of hydrogen-bond donors (Lipinski definition) is 2. The minimum absolute atomic E-state index is 0.0384. The molecule has 2 aromatic rings. The second-order valence-electron chi connectivity index (χ2n) is 7.79. The molecule has 2 heterocycles. The molecule has 0 aliphatic carbocycles. The predicted octanol–water partition coefficient (Wildman–Crippen LogP) is 4.07. The lowest BCUT2D eigenvalue weighted by atomic mass is 10.1. The summed E-state index contributed by atoms with van der Waals surface area (Å²) in [5.41, 5.74) is 1.17. The molecule has 1 amide bonds. The molecule has 0 saturated carbocycles. The van der Waals surface area contributed by atoms with Crippen LogP contribution < -0.4 is 14.8 Å². The van der Waals surface area contributed by atoms with Gasteiger partial charge in [-0.3, -0.25) is 0 Å².